The maximum atomic E-state index is 12.9. The van der Waals surface area contributed by atoms with Gasteiger partial charge in [-0.1, -0.05) is 12.1 Å². The van der Waals surface area contributed by atoms with Crippen molar-refractivity contribution in [2.45, 2.75) is 38.5 Å². The maximum Gasteiger partial charge on any atom is 0.255 e. The molecule has 1 aliphatic rings. The Labute approximate surface area is 182 Å². The van der Waals surface area contributed by atoms with Crippen molar-refractivity contribution in [1.82, 2.24) is 4.31 Å². The molecule has 1 amide bonds. The fraction of sp³-hybridized carbons (Fsp3) is 0.348. The van der Waals surface area contributed by atoms with Gasteiger partial charge in [-0.25, -0.2) is 12.7 Å². The third-order valence-corrected chi connectivity index (χ3v) is 7.00. The molecule has 0 bridgehead atoms. The van der Waals surface area contributed by atoms with Crippen LogP contribution in [0.3, 0.4) is 0 Å². The number of ether oxygens (including phenoxy) is 1. The van der Waals surface area contributed by atoms with Crippen LogP contribution in [0.15, 0.2) is 53.1 Å². The van der Waals surface area contributed by atoms with Crippen LogP contribution in [0.4, 0.5) is 5.69 Å². The Morgan fingerprint density at radius 2 is 1.94 bits per heavy atom. The van der Waals surface area contributed by atoms with E-state index < -0.39 is 10.0 Å². The highest BCUT2D eigenvalue weighted by Crippen LogP contribution is 2.30. The van der Waals surface area contributed by atoms with Crippen molar-refractivity contribution in [3.05, 3.63) is 59.9 Å². The zero-order chi connectivity index (χ0) is 22.0. The van der Waals surface area contributed by atoms with Crippen LogP contribution in [0.5, 0.6) is 5.75 Å². The highest BCUT2D eigenvalue weighted by Gasteiger charge is 2.25. The first kappa shape index (κ1) is 21.4. The molecule has 1 fully saturated rings. The monoisotopic (exact) mass is 442 g/mol. The third kappa shape index (κ3) is 4.91. The van der Waals surface area contributed by atoms with Crippen molar-refractivity contribution in [2.75, 3.05) is 18.4 Å². The van der Waals surface area contributed by atoms with Crippen LogP contribution in [0, 0.1) is 0 Å². The van der Waals surface area contributed by atoms with Gasteiger partial charge in [-0.2, -0.15) is 0 Å². The van der Waals surface area contributed by atoms with Crippen molar-refractivity contribution in [3.8, 4) is 5.75 Å². The van der Waals surface area contributed by atoms with E-state index in [4.69, 9.17) is 9.15 Å². The summed E-state index contributed by atoms with van der Waals surface area (Å²) in [6, 6.07) is 12.1. The van der Waals surface area contributed by atoms with E-state index in [9.17, 15) is 13.2 Å². The second-order valence-corrected chi connectivity index (χ2v) is 9.96. The summed E-state index contributed by atoms with van der Waals surface area (Å²) in [6.07, 6.45) is 3.31. The van der Waals surface area contributed by atoms with Gasteiger partial charge in [0, 0.05) is 24.3 Å². The number of hydrogen-bond donors (Lipinski definition) is 1. The van der Waals surface area contributed by atoms with Gasteiger partial charge < -0.3 is 14.5 Å². The third-order valence-electron chi connectivity index (χ3n) is 5.15. The molecule has 3 aromatic rings. The molecule has 1 aliphatic heterocycles. The zero-order valence-electron chi connectivity index (χ0n) is 17.6. The normalized spacial score (nSPS) is 14.9. The van der Waals surface area contributed by atoms with Crippen LogP contribution in [0.25, 0.3) is 11.0 Å². The van der Waals surface area contributed by atoms with Gasteiger partial charge in [0.1, 0.15) is 11.3 Å². The van der Waals surface area contributed by atoms with Gasteiger partial charge in [0.05, 0.1) is 23.5 Å². The lowest BCUT2D eigenvalue weighted by Gasteiger charge is -2.16. The number of nitrogens with one attached hydrogen (secondary N) is 1. The Kier molecular flexibility index (Phi) is 6.02. The van der Waals surface area contributed by atoms with Crippen LogP contribution in [0.1, 0.15) is 42.6 Å². The minimum Gasteiger partial charge on any atom is -0.490 e. The maximum absolute atomic E-state index is 12.9. The molecule has 4 rings (SSSR count). The second-order valence-electron chi connectivity index (χ2n) is 7.99. The van der Waals surface area contributed by atoms with E-state index in [1.165, 1.54) is 4.31 Å². The summed E-state index contributed by atoms with van der Waals surface area (Å²) in [6.45, 7) is 4.99. The minimum absolute atomic E-state index is 0.0503. The highest BCUT2D eigenvalue weighted by atomic mass is 32.2. The topological polar surface area (TPSA) is 88.8 Å². The first-order valence-corrected chi connectivity index (χ1v) is 12.0. The van der Waals surface area contributed by atoms with E-state index in [0.717, 1.165) is 18.2 Å². The van der Waals surface area contributed by atoms with Crippen LogP contribution in [-0.2, 0) is 15.8 Å². The Balaban J connectivity index is 1.53. The Morgan fingerprint density at radius 1 is 1.16 bits per heavy atom. The standard InChI is InChI=1S/C23H26N2O5S/c1-16(2)30-22-14-18(13-21-20(22)8-11-29-21)23(26)24-19-7-5-6-17(12-19)15-31(27,28)25-9-3-4-10-25/h5-8,11-14,16H,3-4,9-10,15H2,1-2H3,(H,24,26). The molecule has 7 nitrogen and oxygen atoms in total. The summed E-state index contributed by atoms with van der Waals surface area (Å²) in [5.74, 6) is 0.171. The number of fused-ring (bicyclic) bond motifs is 1. The smallest absolute Gasteiger partial charge is 0.255 e. The molecule has 2 heterocycles. The van der Waals surface area contributed by atoms with Crippen molar-refractivity contribution >= 4 is 32.6 Å². The van der Waals surface area contributed by atoms with E-state index in [1.54, 1.807) is 48.7 Å². The molecule has 1 N–H and O–H groups in total. The number of nitrogens with zero attached hydrogens (tertiary/aromatic N) is 1. The molecular weight excluding hydrogens is 416 g/mol. The molecular formula is C23H26N2O5S. The first-order chi connectivity index (χ1) is 14.8. The molecule has 0 radical (unpaired) electrons. The number of anilines is 1. The SMILES string of the molecule is CC(C)Oc1cc(C(=O)Nc2cccc(CS(=O)(=O)N3CCCC3)c2)cc2occc12. The number of carbonyl (C=O) groups excluding carboxylic acids is 1. The van der Waals surface area contributed by atoms with Crippen LogP contribution < -0.4 is 10.1 Å². The number of sulfonamides is 1. The lowest BCUT2D eigenvalue weighted by atomic mass is 10.1. The van der Waals surface area contributed by atoms with E-state index in [0.29, 0.717) is 41.2 Å². The van der Waals surface area contributed by atoms with E-state index in [1.807, 2.05) is 13.8 Å². The van der Waals surface area contributed by atoms with Gasteiger partial charge in [-0.05, 0) is 62.6 Å². The fourth-order valence-corrected chi connectivity index (χ4v) is 5.33. The number of furan rings is 1. The molecule has 31 heavy (non-hydrogen) atoms. The molecule has 0 saturated carbocycles. The summed E-state index contributed by atoms with van der Waals surface area (Å²) in [4.78, 5) is 12.9. The van der Waals surface area contributed by atoms with E-state index in [2.05, 4.69) is 5.32 Å². The predicted molar refractivity (Wildman–Crippen MR) is 120 cm³/mol. The van der Waals surface area contributed by atoms with Gasteiger partial charge in [-0.3, -0.25) is 4.79 Å². The van der Waals surface area contributed by atoms with Crippen molar-refractivity contribution in [2.24, 2.45) is 0 Å². The van der Waals surface area contributed by atoms with Gasteiger partial charge in [-0.15, -0.1) is 0 Å². The molecule has 8 heteroatoms. The molecule has 1 saturated heterocycles. The minimum atomic E-state index is -3.35. The molecule has 0 spiro atoms. The predicted octanol–water partition coefficient (Wildman–Crippen LogP) is 4.40. The molecule has 164 valence electrons. The largest absolute Gasteiger partial charge is 0.490 e. The number of rotatable bonds is 7. The highest BCUT2D eigenvalue weighted by molar-refractivity contribution is 7.88. The van der Waals surface area contributed by atoms with E-state index >= 15 is 0 Å². The number of carbonyl (C=O) groups is 1. The lowest BCUT2D eigenvalue weighted by molar-refractivity contribution is 0.102. The first-order valence-electron chi connectivity index (χ1n) is 10.4. The Bertz CT molecular complexity index is 1190. The van der Waals surface area contributed by atoms with Crippen LogP contribution in [-0.4, -0.2) is 37.8 Å². The van der Waals surface area contributed by atoms with Crippen molar-refractivity contribution in [1.29, 1.82) is 0 Å². The number of benzene rings is 2. The van der Waals surface area contributed by atoms with Crippen molar-refractivity contribution in [3.63, 3.8) is 0 Å². The summed E-state index contributed by atoms with van der Waals surface area (Å²) in [5.41, 5.74) is 2.13. The van der Waals surface area contributed by atoms with Gasteiger partial charge in [0.2, 0.25) is 10.0 Å². The Morgan fingerprint density at radius 3 is 2.68 bits per heavy atom. The summed E-state index contributed by atoms with van der Waals surface area (Å²) in [5, 5.41) is 3.65. The lowest BCUT2D eigenvalue weighted by Crippen LogP contribution is -2.29. The van der Waals surface area contributed by atoms with Gasteiger partial charge in [0.25, 0.3) is 5.91 Å². The second kappa shape index (κ2) is 8.72. The van der Waals surface area contributed by atoms with Crippen LogP contribution in [0.2, 0.25) is 0 Å². The summed E-state index contributed by atoms with van der Waals surface area (Å²) in [7, 11) is -3.35. The number of amides is 1. The average molecular weight is 443 g/mol. The van der Waals surface area contributed by atoms with Gasteiger partial charge in [0.15, 0.2) is 0 Å². The van der Waals surface area contributed by atoms with Crippen LogP contribution >= 0.6 is 0 Å². The molecule has 0 unspecified atom stereocenters. The quantitative estimate of drug-likeness (QED) is 0.586. The van der Waals surface area contributed by atoms with Gasteiger partial charge >= 0.3 is 0 Å². The zero-order valence-corrected chi connectivity index (χ0v) is 18.4. The summed E-state index contributed by atoms with van der Waals surface area (Å²) < 4.78 is 38.0. The summed E-state index contributed by atoms with van der Waals surface area (Å²) >= 11 is 0. The molecule has 0 atom stereocenters. The average Bonchev–Trinajstić information content (AvgIpc) is 3.40. The van der Waals surface area contributed by atoms with E-state index in [-0.39, 0.29) is 17.8 Å². The molecule has 0 aliphatic carbocycles. The van der Waals surface area contributed by atoms with Crippen molar-refractivity contribution < 1.29 is 22.4 Å². The molecule has 2 aromatic carbocycles. The Hall–Kier alpha value is -2.84. The number of hydrogen-bond acceptors (Lipinski definition) is 5. The fourth-order valence-electron chi connectivity index (χ4n) is 3.73. The molecule has 1 aromatic heterocycles.